The summed E-state index contributed by atoms with van der Waals surface area (Å²) in [4.78, 5) is 0. The highest BCUT2D eigenvalue weighted by Crippen LogP contribution is 2.33. The topological polar surface area (TPSA) is 32.3 Å². The predicted octanol–water partition coefficient (Wildman–Crippen LogP) is 2.26. The van der Waals surface area contributed by atoms with Gasteiger partial charge in [-0.2, -0.15) is 0 Å². The summed E-state index contributed by atoms with van der Waals surface area (Å²) >= 11 is 5.66. The zero-order valence-corrected chi connectivity index (χ0v) is 8.31. The second-order valence-electron chi connectivity index (χ2n) is 3.51. The van der Waals surface area contributed by atoms with Crippen LogP contribution >= 0.6 is 11.6 Å². The standard InChI is InChI=1S/C10H11ClFNO/c11-8-3-7(6-1-2-13-5-6)10(14)4-9(8)12/h3-4,6,13-14H,1-2,5H2. The van der Waals surface area contributed by atoms with Gasteiger partial charge in [-0.3, -0.25) is 0 Å². The summed E-state index contributed by atoms with van der Waals surface area (Å²) in [6.45, 7) is 1.74. The van der Waals surface area contributed by atoms with Crippen molar-refractivity contribution in [1.29, 1.82) is 0 Å². The average Bonchev–Trinajstić information content (AvgIpc) is 2.64. The molecule has 0 aliphatic carbocycles. The van der Waals surface area contributed by atoms with Crippen molar-refractivity contribution >= 4 is 11.6 Å². The molecule has 1 aromatic rings. The molecule has 0 spiro atoms. The first-order valence-electron chi connectivity index (χ1n) is 4.57. The van der Waals surface area contributed by atoms with Gasteiger partial charge in [0, 0.05) is 18.5 Å². The Morgan fingerprint density at radius 3 is 2.93 bits per heavy atom. The van der Waals surface area contributed by atoms with E-state index in [0.717, 1.165) is 31.1 Å². The van der Waals surface area contributed by atoms with Gasteiger partial charge in [-0.15, -0.1) is 0 Å². The van der Waals surface area contributed by atoms with Gasteiger partial charge in [-0.05, 0) is 24.6 Å². The van der Waals surface area contributed by atoms with Gasteiger partial charge >= 0.3 is 0 Å². The molecule has 4 heteroatoms. The number of phenolic OH excluding ortho intramolecular Hbond substituents is 1. The van der Waals surface area contributed by atoms with Crippen LogP contribution < -0.4 is 5.32 Å². The maximum atomic E-state index is 12.9. The SMILES string of the molecule is Oc1cc(F)c(Cl)cc1C1CCNC1. The van der Waals surface area contributed by atoms with E-state index in [9.17, 15) is 9.50 Å². The fourth-order valence-corrected chi connectivity index (χ4v) is 1.97. The second-order valence-corrected chi connectivity index (χ2v) is 3.92. The lowest BCUT2D eigenvalue weighted by Gasteiger charge is -2.11. The zero-order valence-electron chi connectivity index (χ0n) is 7.56. The van der Waals surface area contributed by atoms with Gasteiger partial charge in [0.05, 0.1) is 5.02 Å². The van der Waals surface area contributed by atoms with Crippen molar-refractivity contribution in [3.63, 3.8) is 0 Å². The number of benzene rings is 1. The molecular formula is C10H11ClFNO. The summed E-state index contributed by atoms with van der Waals surface area (Å²) in [5, 5.41) is 12.8. The fraction of sp³-hybridized carbons (Fsp3) is 0.400. The Morgan fingerprint density at radius 1 is 1.50 bits per heavy atom. The van der Waals surface area contributed by atoms with E-state index in [1.54, 1.807) is 0 Å². The van der Waals surface area contributed by atoms with Crippen LogP contribution in [-0.4, -0.2) is 18.2 Å². The molecule has 14 heavy (non-hydrogen) atoms. The maximum Gasteiger partial charge on any atom is 0.145 e. The molecule has 76 valence electrons. The van der Waals surface area contributed by atoms with Crippen LogP contribution in [0.1, 0.15) is 17.9 Å². The molecule has 1 saturated heterocycles. The molecular weight excluding hydrogens is 205 g/mol. The molecule has 1 aliphatic heterocycles. The summed E-state index contributed by atoms with van der Waals surface area (Å²) in [5.74, 6) is -0.326. The first-order chi connectivity index (χ1) is 6.68. The molecule has 1 unspecified atom stereocenters. The number of hydrogen-bond acceptors (Lipinski definition) is 2. The molecule has 2 rings (SSSR count). The third-order valence-electron chi connectivity index (χ3n) is 2.57. The van der Waals surface area contributed by atoms with Crippen molar-refractivity contribution in [2.75, 3.05) is 13.1 Å². The quantitative estimate of drug-likeness (QED) is 0.753. The van der Waals surface area contributed by atoms with Crippen molar-refractivity contribution in [1.82, 2.24) is 5.32 Å². The van der Waals surface area contributed by atoms with Crippen molar-refractivity contribution in [2.24, 2.45) is 0 Å². The first kappa shape index (κ1) is 9.74. The first-order valence-corrected chi connectivity index (χ1v) is 4.95. The predicted molar refractivity (Wildman–Crippen MR) is 53.3 cm³/mol. The van der Waals surface area contributed by atoms with Crippen molar-refractivity contribution in [3.8, 4) is 5.75 Å². The summed E-state index contributed by atoms with van der Waals surface area (Å²) in [5.41, 5.74) is 0.737. The minimum Gasteiger partial charge on any atom is -0.508 e. The molecule has 2 nitrogen and oxygen atoms in total. The van der Waals surface area contributed by atoms with Crippen LogP contribution in [0.4, 0.5) is 4.39 Å². The van der Waals surface area contributed by atoms with Crippen LogP contribution in [0.15, 0.2) is 12.1 Å². The van der Waals surface area contributed by atoms with Crippen molar-refractivity contribution in [2.45, 2.75) is 12.3 Å². The molecule has 1 aromatic carbocycles. The fourth-order valence-electron chi connectivity index (χ4n) is 1.80. The van der Waals surface area contributed by atoms with E-state index in [0.29, 0.717) is 0 Å². The largest absolute Gasteiger partial charge is 0.508 e. The number of aromatic hydroxyl groups is 1. The Morgan fingerprint density at radius 2 is 2.29 bits per heavy atom. The highest BCUT2D eigenvalue weighted by atomic mass is 35.5. The van der Waals surface area contributed by atoms with Gasteiger partial charge in [0.2, 0.25) is 0 Å². The smallest absolute Gasteiger partial charge is 0.145 e. The van der Waals surface area contributed by atoms with E-state index < -0.39 is 5.82 Å². The third kappa shape index (κ3) is 1.70. The zero-order chi connectivity index (χ0) is 10.1. The van der Waals surface area contributed by atoms with Crippen LogP contribution in [-0.2, 0) is 0 Å². The minimum absolute atomic E-state index is 0.000556. The molecule has 0 saturated carbocycles. The molecule has 1 heterocycles. The number of hydrogen-bond donors (Lipinski definition) is 2. The van der Waals surface area contributed by atoms with Crippen molar-refractivity contribution in [3.05, 3.63) is 28.5 Å². The molecule has 1 atom stereocenters. The molecule has 2 N–H and O–H groups in total. The van der Waals surface area contributed by atoms with E-state index in [1.165, 1.54) is 6.07 Å². The minimum atomic E-state index is -0.570. The molecule has 1 aliphatic rings. The molecule has 0 radical (unpaired) electrons. The molecule has 0 amide bonds. The van der Waals surface area contributed by atoms with Gasteiger partial charge < -0.3 is 10.4 Å². The normalized spacial score (nSPS) is 21.4. The second kappa shape index (κ2) is 3.75. The molecule has 1 fully saturated rings. The van der Waals surface area contributed by atoms with Crippen molar-refractivity contribution < 1.29 is 9.50 Å². The summed E-state index contributed by atoms with van der Waals surface area (Å²) in [6, 6.07) is 2.60. The van der Waals surface area contributed by atoms with Gasteiger partial charge in [-0.1, -0.05) is 11.6 Å². The van der Waals surface area contributed by atoms with E-state index >= 15 is 0 Å². The summed E-state index contributed by atoms with van der Waals surface area (Å²) in [7, 11) is 0. The van der Waals surface area contributed by atoms with Gasteiger partial charge in [0.15, 0.2) is 0 Å². The van der Waals surface area contributed by atoms with Crippen LogP contribution in [0.3, 0.4) is 0 Å². The van der Waals surface area contributed by atoms with Crippen LogP contribution in [0.2, 0.25) is 5.02 Å². The monoisotopic (exact) mass is 215 g/mol. The lowest BCUT2D eigenvalue weighted by Crippen LogP contribution is -2.08. The molecule has 0 aromatic heterocycles. The van der Waals surface area contributed by atoms with Gasteiger partial charge in [0.25, 0.3) is 0 Å². The van der Waals surface area contributed by atoms with E-state index in [1.807, 2.05) is 0 Å². The van der Waals surface area contributed by atoms with E-state index in [2.05, 4.69) is 5.32 Å². The van der Waals surface area contributed by atoms with E-state index in [-0.39, 0.29) is 16.7 Å². The lowest BCUT2D eigenvalue weighted by atomic mass is 9.97. The van der Waals surface area contributed by atoms with Gasteiger partial charge in [0.1, 0.15) is 11.6 Å². The Balaban J connectivity index is 2.37. The maximum absolute atomic E-state index is 12.9. The highest BCUT2D eigenvalue weighted by Gasteiger charge is 2.21. The number of phenols is 1. The number of nitrogens with one attached hydrogen (secondary N) is 1. The average molecular weight is 216 g/mol. The Labute approximate surface area is 86.7 Å². The Bertz CT molecular complexity index is 350. The van der Waals surface area contributed by atoms with Crippen LogP contribution in [0, 0.1) is 5.82 Å². The third-order valence-corrected chi connectivity index (χ3v) is 2.86. The number of rotatable bonds is 1. The van der Waals surface area contributed by atoms with Gasteiger partial charge in [-0.25, -0.2) is 4.39 Å². The summed E-state index contributed by atoms with van der Waals surface area (Å²) < 4.78 is 12.9. The van der Waals surface area contributed by atoms with Crippen LogP contribution in [0.25, 0.3) is 0 Å². The highest BCUT2D eigenvalue weighted by molar-refractivity contribution is 6.30. The molecule has 0 bridgehead atoms. The Kier molecular flexibility index (Phi) is 2.61. The van der Waals surface area contributed by atoms with Crippen LogP contribution in [0.5, 0.6) is 5.75 Å². The Hall–Kier alpha value is -0.800. The summed E-state index contributed by atoms with van der Waals surface area (Å²) in [6.07, 6.45) is 0.954. The van der Waals surface area contributed by atoms with E-state index in [4.69, 9.17) is 11.6 Å². The number of halogens is 2. The lowest BCUT2D eigenvalue weighted by molar-refractivity contribution is 0.456.